The van der Waals surface area contributed by atoms with E-state index in [9.17, 15) is 8.42 Å². The van der Waals surface area contributed by atoms with Crippen molar-refractivity contribution in [1.29, 1.82) is 0 Å². The van der Waals surface area contributed by atoms with E-state index in [0.29, 0.717) is 18.3 Å². The van der Waals surface area contributed by atoms with Gasteiger partial charge in [-0.25, -0.2) is 13.1 Å². The highest BCUT2D eigenvalue weighted by Crippen LogP contribution is 2.19. The van der Waals surface area contributed by atoms with Gasteiger partial charge >= 0.3 is 0 Å². The van der Waals surface area contributed by atoms with E-state index in [4.69, 9.17) is 4.42 Å². The molecule has 5 nitrogen and oxygen atoms in total. The van der Waals surface area contributed by atoms with Crippen molar-refractivity contribution in [3.8, 4) is 0 Å². The SMILES string of the molecule is CCCC(C)(C)NS(=O)(=O)c1ccc(CNC(C)C)o1. The Morgan fingerprint density at radius 1 is 1.30 bits per heavy atom. The first-order valence-corrected chi connectivity index (χ1v) is 8.50. The first-order chi connectivity index (χ1) is 9.16. The lowest BCUT2D eigenvalue weighted by molar-refractivity contribution is 0.376. The molecular formula is C14H26N2O3S. The average Bonchev–Trinajstić information content (AvgIpc) is 2.73. The third-order valence-electron chi connectivity index (χ3n) is 2.87. The van der Waals surface area contributed by atoms with Crippen LogP contribution in [0.4, 0.5) is 0 Å². The van der Waals surface area contributed by atoms with Crippen LogP contribution in [-0.2, 0) is 16.6 Å². The van der Waals surface area contributed by atoms with Gasteiger partial charge in [0.1, 0.15) is 5.76 Å². The summed E-state index contributed by atoms with van der Waals surface area (Å²) in [6.07, 6.45) is 1.69. The molecule has 0 aliphatic heterocycles. The standard InChI is InChI=1S/C14H26N2O3S/c1-6-9-14(4,5)16-20(17,18)13-8-7-12(19-13)10-15-11(2)3/h7-8,11,15-16H,6,9-10H2,1-5H3. The largest absolute Gasteiger partial charge is 0.447 e. The Morgan fingerprint density at radius 2 is 1.95 bits per heavy atom. The normalized spacial score (nSPS) is 13.1. The number of hydrogen-bond donors (Lipinski definition) is 2. The molecule has 0 aliphatic carbocycles. The third kappa shape index (κ3) is 5.26. The third-order valence-corrected chi connectivity index (χ3v) is 4.44. The van der Waals surface area contributed by atoms with Crippen LogP contribution in [0.15, 0.2) is 21.6 Å². The van der Waals surface area contributed by atoms with E-state index < -0.39 is 15.6 Å². The van der Waals surface area contributed by atoms with Crippen LogP contribution >= 0.6 is 0 Å². The number of hydrogen-bond acceptors (Lipinski definition) is 4. The number of sulfonamides is 1. The van der Waals surface area contributed by atoms with Gasteiger partial charge in [0.15, 0.2) is 0 Å². The molecule has 1 aromatic heterocycles. The molecule has 1 rings (SSSR count). The van der Waals surface area contributed by atoms with Gasteiger partial charge in [-0.15, -0.1) is 0 Å². The maximum absolute atomic E-state index is 12.2. The summed E-state index contributed by atoms with van der Waals surface area (Å²) in [4.78, 5) is 0. The summed E-state index contributed by atoms with van der Waals surface area (Å²) in [7, 11) is -3.60. The van der Waals surface area contributed by atoms with Crippen molar-refractivity contribution in [3.63, 3.8) is 0 Å². The minimum atomic E-state index is -3.60. The van der Waals surface area contributed by atoms with Gasteiger partial charge < -0.3 is 9.73 Å². The van der Waals surface area contributed by atoms with Crippen LogP contribution in [0.25, 0.3) is 0 Å². The molecule has 116 valence electrons. The monoisotopic (exact) mass is 302 g/mol. The van der Waals surface area contributed by atoms with Crippen LogP contribution in [0.5, 0.6) is 0 Å². The Kier molecular flexibility index (Phi) is 5.79. The number of rotatable bonds is 8. The second-order valence-electron chi connectivity index (χ2n) is 6.00. The molecule has 0 saturated carbocycles. The summed E-state index contributed by atoms with van der Waals surface area (Å²) in [6.45, 7) is 10.3. The Morgan fingerprint density at radius 3 is 2.50 bits per heavy atom. The minimum absolute atomic E-state index is 0.0257. The molecule has 0 bridgehead atoms. The summed E-state index contributed by atoms with van der Waals surface area (Å²) in [5.74, 6) is 0.618. The van der Waals surface area contributed by atoms with Gasteiger partial charge in [0.25, 0.3) is 10.0 Å². The Labute approximate surface area is 122 Å². The first kappa shape index (κ1) is 17.2. The van der Waals surface area contributed by atoms with Crippen LogP contribution in [0.2, 0.25) is 0 Å². The molecule has 20 heavy (non-hydrogen) atoms. The van der Waals surface area contributed by atoms with Crippen molar-refractivity contribution in [2.75, 3.05) is 0 Å². The first-order valence-electron chi connectivity index (χ1n) is 7.02. The molecule has 0 saturated heterocycles. The maximum Gasteiger partial charge on any atom is 0.274 e. The highest BCUT2D eigenvalue weighted by molar-refractivity contribution is 7.89. The van der Waals surface area contributed by atoms with Gasteiger partial charge in [0.05, 0.1) is 6.54 Å². The van der Waals surface area contributed by atoms with Gasteiger partial charge in [0, 0.05) is 11.6 Å². The molecule has 1 heterocycles. The lowest BCUT2D eigenvalue weighted by Gasteiger charge is -2.24. The topological polar surface area (TPSA) is 71.3 Å². The van der Waals surface area contributed by atoms with Crippen LogP contribution in [0.3, 0.4) is 0 Å². The number of furan rings is 1. The Balaban J connectivity index is 2.78. The van der Waals surface area contributed by atoms with E-state index in [1.165, 1.54) is 6.07 Å². The van der Waals surface area contributed by atoms with Crippen LogP contribution in [0.1, 0.15) is 53.2 Å². The van der Waals surface area contributed by atoms with Crippen molar-refractivity contribution in [1.82, 2.24) is 10.0 Å². The smallest absolute Gasteiger partial charge is 0.274 e. The van der Waals surface area contributed by atoms with Crippen LogP contribution < -0.4 is 10.0 Å². The molecule has 0 aromatic carbocycles. The quantitative estimate of drug-likeness (QED) is 0.774. The molecule has 0 aliphatic rings. The summed E-state index contributed by atoms with van der Waals surface area (Å²) >= 11 is 0. The zero-order valence-electron chi connectivity index (χ0n) is 13.0. The molecular weight excluding hydrogens is 276 g/mol. The van der Waals surface area contributed by atoms with E-state index >= 15 is 0 Å². The lowest BCUT2D eigenvalue weighted by Crippen LogP contribution is -2.42. The minimum Gasteiger partial charge on any atom is -0.447 e. The molecule has 6 heteroatoms. The average molecular weight is 302 g/mol. The predicted molar refractivity (Wildman–Crippen MR) is 80.0 cm³/mol. The fourth-order valence-corrected chi connectivity index (χ4v) is 3.39. The van der Waals surface area contributed by atoms with Crippen molar-refractivity contribution in [2.24, 2.45) is 0 Å². The second-order valence-corrected chi connectivity index (χ2v) is 7.61. The molecule has 0 unspecified atom stereocenters. The fraction of sp³-hybridized carbons (Fsp3) is 0.714. The van der Waals surface area contributed by atoms with Gasteiger partial charge in [-0.3, -0.25) is 0 Å². The zero-order chi connectivity index (χ0) is 15.4. The van der Waals surface area contributed by atoms with E-state index in [0.717, 1.165) is 12.8 Å². The molecule has 0 atom stereocenters. The van der Waals surface area contributed by atoms with Crippen molar-refractivity contribution >= 4 is 10.0 Å². The van der Waals surface area contributed by atoms with E-state index in [2.05, 4.69) is 10.0 Å². The molecule has 2 N–H and O–H groups in total. The molecule has 0 fully saturated rings. The molecule has 1 aromatic rings. The zero-order valence-corrected chi connectivity index (χ0v) is 13.8. The fourth-order valence-electron chi connectivity index (χ4n) is 1.99. The molecule has 0 spiro atoms. The van der Waals surface area contributed by atoms with E-state index in [1.54, 1.807) is 6.07 Å². The predicted octanol–water partition coefficient (Wildman–Crippen LogP) is 2.63. The maximum atomic E-state index is 12.2. The second kappa shape index (κ2) is 6.74. The summed E-state index contributed by atoms with van der Waals surface area (Å²) < 4.78 is 32.6. The highest BCUT2D eigenvalue weighted by atomic mass is 32.2. The van der Waals surface area contributed by atoms with Gasteiger partial charge in [-0.1, -0.05) is 27.2 Å². The lowest BCUT2D eigenvalue weighted by atomic mass is 10.0. The molecule has 0 amide bonds. The summed E-state index contributed by atoms with van der Waals surface area (Å²) in [6, 6.07) is 3.51. The molecule has 0 radical (unpaired) electrons. The summed E-state index contributed by atoms with van der Waals surface area (Å²) in [5, 5.41) is 3.16. The van der Waals surface area contributed by atoms with E-state index in [-0.39, 0.29) is 5.09 Å². The van der Waals surface area contributed by atoms with Gasteiger partial charge in [0.2, 0.25) is 5.09 Å². The van der Waals surface area contributed by atoms with Crippen LogP contribution in [-0.4, -0.2) is 20.0 Å². The number of nitrogens with one attached hydrogen (secondary N) is 2. The van der Waals surface area contributed by atoms with Crippen molar-refractivity contribution in [3.05, 3.63) is 17.9 Å². The van der Waals surface area contributed by atoms with Gasteiger partial charge in [-0.05, 0) is 32.4 Å². The van der Waals surface area contributed by atoms with Gasteiger partial charge in [-0.2, -0.15) is 0 Å². The van der Waals surface area contributed by atoms with Crippen molar-refractivity contribution in [2.45, 2.75) is 70.7 Å². The van der Waals surface area contributed by atoms with E-state index in [1.807, 2.05) is 34.6 Å². The summed E-state index contributed by atoms with van der Waals surface area (Å²) in [5.41, 5.74) is -0.475. The van der Waals surface area contributed by atoms with Crippen molar-refractivity contribution < 1.29 is 12.8 Å². The Hall–Kier alpha value is -0.850. The highest BCUT2D eigenvalue weighted by Gasteiger charge is 2.27. The van der Waals surface area contributed by atoms with Crippen LogP contribution in [0, 0.1) is 0 Å². The Bertz CT molecular complexity index is 518.